The lowest BCUT2D eigenvalue weighted by molar-refractivity contribution is -0.274. The maximum absolute atomic E-state index is 12.4. The second-order valence-corrected chi connectivity index (χ2v) is 6.68. The van der Waals surface area contributed by atoms with E-state index in [9.17, 15) is 23.1 Å². The fourth-order valence-electron chi connectivity index (χ4n) is 2.68. The van der Waals surface area contributed by atoms with Crippen LogP contribution in [0, 0.1) is 0 Å². The molecule has 1 N–H and O–H groups in total. The zero-order valence-electron chi connectivity index (χ0n) is 17.9. The summed E-state index contributed by atoms with van der Waals surface area (Å²) in [7, 11) is 1.81. The lowest BCUT2D eigenvalue weighted by Crippen LogP contribution is -2.27. The number of fused-ring (bicyclic) bond motifs is 1. The third-order valence-electron chi connectivity index (χ3n) is 4.36. The molecule has 0 fully saturated rings. The molecule has 2 aromatic carbocycles. The summed E-state index contributed by atoms with van der Waals surface area (Å²) in [5, 5.41) is 9.20. The molecule has 1 aromatic heterocycles. The van der Waals surface area contributed by atoms with Gasteiger partial charge in [0.05, 0.1) is 16.6 Å². The molecule has 0 saturated carbocycles. The molecule has 166 valence electrons. The molecule has 0 bridgehead atoms. The van der Waals surface area contributed by atoms with Gasteiger partial charge in [-0.1, -0.05) is 13.8 Å². The molecule has 0 aliphatic heterocycles. The summed E-state index contributed by atoms with van der Waals surface area (Å²) >= 11 is 0. The Morgan fingerprint density at radius 2 is 1.65 bits per heavy atom. The van der Waals surface area contributed by atoms with Gasteiger partial charge in [-0.05, 0) is 56.3 Å². The van der Waals surface area contributed by atoms with E-state index in [-0.39, 0.29) is 17.4 Å². The van der Waals surface area contributed by atoms with E-state index in [0.29, 0.717) is 28.1 Å². The van der Waals surface area contributed by atoms with Crippen molar-refractivity contribution in [2.75, 3.05) is 11.9 Å². The smallest absolute Gasteiger partial charge is 0.478 e. The molecule has 31 heavy (non-hydrogen) atoms. The lowest BCUT2D eigenvalue weighted by atomic mass is 10.1. The Morgan fingerprint density at radius 3 is 2.16 bits per heavy atom. The number of alkyl halides is 3. The van der Waals surface area contributed by atoms with E-state index in [1.165, 1.54) is 36.4 Å². The molecule has 9 heteroatoms. The Labute approximate surface area is 178 Å². The van der Waals surface area contributed by atoms with Gasteiger partial charge in [-0.3, -0.25) is 0 Å². The van der Waals surface area contributed by atoms with Gasteiger partial charge in [0, 0.05) is 18.7 Å². The van der Waals surface area contributed by atoms with Gasteiger partial charge < -0.3 is 14.7 Å². The van der Waals surface area contributed by atoms with Crippen molar-refractivity contribution in [2.45, 2.75) is 40.1 Å². The van der Waals surface area contributed by atoms with Gasteiger partial charge in [0.25, 0.3) is 0 Å². The van der Waals surface area contributed by atoms with Crippen LogP contribution in [-0.4, -0.2) is 40.5 Å². The molecule has 0 aliphatic carbocycles. The van der Waals surface area contributed by atoms with Crippen LogP contribution in [0.3, 0.4) is 0 Å². The van der Waals surface area contributed by atoms with Crippen molar-refractivity contribution in [3.63, 3.8) is 0 Å². The fraction of sp³-hybridized carbons (Fsp3) is 0.318. The molecule has 3 aromatic rings. The monoisotopic (exact) mass is 435 g/mol. The second kappa shape index (κ2) is 9.63. The molecular weight excluding hydrogens is 411 g/mol. The Balaban J connectivity index is 0.00000166. The number of benzene rings is 2. The van der Waals surface area contributed by atoms with Crippen LogP contribution in [-0.2, 0) is 0 Å². The number of ether oxygens (including phenoxy) is 1. The quantitative estimate of drug-likeness (QED) is 0.549. The SMILES string of the molecule is CC.CC(C)N(C)c1nc2cc(C(=O)O)ccc2nc1-c1ccc(OC(F)(F)F)cc1. The van der Waals surface area contributed by atoms with E-state index in [1.807, 2.05) is 39.6 Å². The molecule has 0 unspecified atom stereocenters. The van der Waals surface area contributed by atoms with Gasteiger partial charge >= 0.3 is 12.3 Å². The zero-order valence-corrected chi connectivity index (χ0v) is 17.9. The average molecular weight is 435 g/mol. The highest BCUT2D eigenvalue weighted by Gasteiger charge is 2.31. The number of rotatable bonds is 5. The van der Waals surface area contributed by atoms with Crippen molar-refractivity contribution in [1.82, 2.24) is 9.97 Å². The van der Waals surface area contributed by atoms with E-state index >= 15 is 0 Å². The van der Waals surface area contributed by atoms with Crippen molar-refractivity contribution in [3.8, 4) is 17.0 Å². The fourth-order valence-corrected chi connectivity index (χ4v) is 2.68. The number of carboxylic acid groups (broad SMARTS) is 1. The maximum atomic E-state index is 12.4. The normalized spacial score (nSPS) is 11.1. The van der Waals surface area contributed by atoms with Crippen LogP contribution in [0.2, 0.25) is 0 Å². The highest BCUT2D eigenvalue weighted by atomic mass is 19.4. The van der Waals surface area contributed by atoms with Crippen LogP contribution in [0.5, 0.6) is 5.75 Å². The molecule has 0 amide bonds. The van der Waals surface area contributed by atoms with Gasteiger partial charge in [-0.2, -0.15) is 0 Å². The number of hydrogen-bond acceptors (Lipinski definition) is 5. The molecule has 6 nitrogen and oxygen atoms in total. The summed E-state index contributed by atoms with van der Waals surface area (Å²) < 4.78 is 41.1. The standard InChI is InChI=1S/C20H18F3N3O3.C2H6/c1-11(2)26(3)18-17(12-4-7-14(8-5-12)29-20(21,22)23)24-15-9-6-13(19(27)28)10-16(15)25-18;1-2/h4-11H,1-3H3,(H,27,28);1-2H3. The van der Waals surface area contributed by atoms with Crippen LogP contribution in [0.25, 0.3) is 22.3 Å². The van der Waals surface area contributed by atoms with Crippen molar-refractivity contribution >= 4 is 22.8 Å². The summed E-state index contributed by atoms with van der Waals surface area (Å²) in [4.78, 5) is 22.3. The number of aromatic carboxylic acids is 1. The molecule has 0 saturated heterocycles. The topological polar surface area (TPSA) is 75.6 Å². The largest absolute Gasteiger partial charge is 0.573 e. The first kappa shape index (κ1) is 23.9. The maximum Gasteiger partial charge on any atom is 0.573 e. The summed E-state index contributed by atoms with van der Waals surface area (Å²) in [5.74, 6) is -0.920. The Hall–Kier alpha value is -3.36. The summed E-state index contributed by atoms with van der Waals surface area (Å²) in [6.07, 6.45) is -4.77. The molecular formula is C22H24F3N3O3. The van der Waals surface area contributed by atoms with E-state index in [4.69, 9.17) is 0 Å². The number of halogens is 3. The second-order valence-electron chi connectivity index (χ2n) is 6.68. The first-order valence-corrected chi connectivity index (χ1v) is 9.69. The summed E-state index contributed by atoms with van der Waals surface area (Å²) in [5.41, 5.74) is 2.00. The third-order valence-corrected chi connectivity index (χ3v) is 4.36. The number of anilines is 1. The number of carboxylic acids is 1. The highest BCUT2D eigenvalue weighted by Crippen LogP contribution is 2.32. The van der Waals surface area contributed by atoms with Crippen LogP contribution in [0.1, 0.15) is 38.1 Å². The van der Waals surface area contributed by atoms with Crippen molar-refractivity contribution < 1.29 is 27.8 Å². The number of nitrogens with zero attached hydrogens (tertiary/aromatic N) is 3. The Kier molecular flexibility index (Phi) is 7.43. The highest BCUT2D eigenvalue weighted by molar-refractivity contribution is 5.93. The van der Waals surface area contributed by atoms with Crippen molar-refractivity contribution in [3.05, 3.63) is 48.0 Å². The van der Waals surface area contributed by atoms with Crippen molar-refractivity contribution in [2.24, 2.45) is 0 Å². The minimum absolute atomic E-state index is 0.0518. The van der Waals surface area contributed by atoms with Gasteiger partial charge in [-0.15, -0.1) is 13.2 Å². The first-order valence-electron chi connectivity index (χ1n) is 9.69. The zero-order chi connectivity index (χ0) is 23.3. The molecule has 0 aliphatic rings. The Bertz CT molecular complexity index is 1050. The van der Waals surface area contributed by atoms with Gasteiger partial charge in [0.15, 0.2) is 5.82 Å². The van der Waals surface area contributed by atoms with Gasteiger partial charge in [0.1, 0.15) is 11.4 Å². The third kappa shape index (κ3) is 5.84. The van der Waals surface area contributed by atoms with E-state index in [1.54, 1.807) is 6.07 Å². The molecule has 0 spiro atoms. The van der Waals surface area contributed by atoms with Crippen molar-refractivity contribution in [1.29, 1.82) is 0 Å². The average Bonchev–Trinajstić information content (AvgIpc) is 2.72. The summed E-state index contributed by atoms with van der Waals surface area (Å²) in [6, 6.07) is 9.83. The van der Waals surface area contributed by atoms with Crippen LogP contribution in [0.4, 0.5) is 19.0 Å². The van der Waals surface area contributed by atoms with Gasteiger partial charge in [0.2, 0.25) is 0 Å². The summed E-state index contributed by atoms with van der Waals surface area (Å²) in [6.45, 7) is 7.90. The lowest BCUT2D eigenvalue weighted by Gasteiger charge is -2.25. The number of hydrogen-bond donors (Lipinski definition) is 1. The minimum atomic E-state index is -4.77. The predicted molar refractivity (Wildman–Crippen MR) is 114 cm³/mol. The van der Waals surface area contributed by atoms with Crippen LogP contribution >= 0.6 is 0 Å². The number of aromatic nitrogens is 2. The molecule has 0 radical (unpaired) electrons. The molecule has 0 atom stereocenters. The molecule has 3 rings (SSSR count). The molecule has 1 heterocycles. The van der Waals surface area contributed by atoms with E-state index in [2.05, 4.69) is 14.7 Å². The van der Waals surface area contributed by atoms with Crippen LogP contribution < -0.4 is 9.64 Å². The van der Waals surface area contributed by atoms with Gasteiger partial charge in [-0.25, -0.2) is 14.8 Å². The Morgan fingerprint density at radius 1 is 1.03 bits per heavy atom. The van der Waals surface area contributed by atoms with E-state index in [0.717, 1.165) is 0 Å². The first-order chi connectivity index (χ1) is 14.5. The number of carbonyl (C=O) groups is 1. The predicted octanol–water partition coefficient (Wildman–Crippen LogP) is 5.76. The minimum Gasteiger partial charge on any atom is -0.478 e. The van der Waals surface area contributed by atoms with E-state index < -0.39 is 12.3 Å². The van der Waals surface area contributed by atoms with Crippen LogP contribution in [0.15, 0.2) is 42.5 Å².